The number of aromatic nitrogens is 4. The van der Waals surface area contributed by atoms with E-state index in [1.54, 1.807) is 24.3 Å². The molecule has 0 spiro atoms. The zero-order chi connectivity index (χ0) is 17.4. The molecule has 7 heteroatoms. The van der Waals surface area contributed by atoms with Crippen molar-refractivity contribution < 1.29 is 8.78 Å². The molecule has 0 saturated heterocycles. The molecular weight excluding hydrogens is 326 g/mol. The number of hydrogen-bond acceptors (Lipinski definition) is 4. The second-order valence-electron chi connectivity index (χ2n) is 5.30. The number of nitrogens with one attached hydrogen (secondary N) is 1. The standard InChI is InChI=1S/C18H10F2N4O/c19-11-8-21-9-12(20)14(11)17-15(10-4-2-1-3-5-10)24-18-16(23-17)13(25)6-7-22-18/h1-9H,(H,22,24,25). The second-order valence-corrected chi connectivity index (χ2v) is 5.30. The number of pyridine rings is 2. The molecule has 4 aromatic rings. The highest BCUT2D eigenvalue weighted by molar-refractivity contribution is 5.84. The van der Waals surface area contributed by atoms with Crippen LogP contribution in [0.2, 0.25) is 0 Å². The number of nitrogens with zero attached hydrogens (tertiary/aromatic N) is 3. The quantitative estimate of drug-likeness (QED) is 0.609. The average molecular weight is 336 g/mol. The third kappa shape index (κ3) is 2.55. The lowest BCUT2D eigenvalue weighted by Gasteiger charge is -2.11. The van der Waals surface area contributed by atoms with Crippen LogP contribution in [0.15, 0.2) is 59.8 Å². The topological polar surface area (TPSA) is 71.5 Å². The first-order valence-electron chi connectivity index (χ1n) is 7.39. The van der Waals surface area contributed by atoms with Crippen molar-refractivity contribution in [2.75, 3.05) is 0 Å². The second kappa shape index (κ2) is 5.86. The van der Waals surface area contributed by atoms with E-state index in [0.29, 0.717) is 5.56 Å². The number of rotatable bonds is 2. The molecule has 122 valence electrons. The Kier molecular flexibility index (Phi) is 3.53. The SMILES string of the molecule is O=c1cc[nH]c2nc(-c3ccccc3)c(-c3c(F)cncc3F)nc12. The first-order valence-corrected chi connectivity index (χ1v) is 7.39. The maximum atomic E-state index is 14.3. The molecule has 25 heavy (non-hydrogen) atoms. The Balaban J connectivity index is 2.14. The van der Waals surface area contributed by atoms with Crippen LogP contribution in [0.4, 0.5) is 8.78 Å². The minimum absolute atomic E-state index is 0.00722. The Bertz CT molecular complexity index is 1120. The molecule has 4 rings (SSSR count). The number of aromatic amines is 1. The summed E-state index contributed by atoms with van der Waals surface area (Å²) in [5, 5.41) is 0. The molecule has 0 aliphatic carbocycles. The Morgan fingerprint density at radius 3 is 2.32 bits per heavy atom. The molecule has 0 saturated carbocycles. The van der Waals surface area contributed by atoms with Gasteiger partial charge in [-0.2, -0.15) is 0 Å². The van der Waals surface area contributed by atoms with Gasteiger partial charge in [0.25, 0.3) is 0 Å². The normalized spacial score (nSPS) is 11.0. The van der Waals surface area contributed by atoms with Gasteiger partial charge in [-0.25, -0.2) is 18.7 Å². The van der Waals surface area contributed by atoms with Gasteiger partial charge in [0, 0.05) is 17.8 Å². The van der Waals surface area contributed by atoms with Crippen LogP contribution in [0.25, 0.3) is 33.7 Å². The number of halogens is 2. The van der Waals surface area contributed by atoms with Crippen LogP contribution in [0, 0.1) is 11.6 Å². The third-order valence-electron chi connectivity index (χ3n) is 3.72. The van der Waals surface area contributed by atoms with Crippen molar-refractivity contribution >= 4 is 11.2 Å². The summed E-state index contributed by atoms with van der Waals surface area (Å²) in [4.78, 5) is 27.0. The van der Waals surface area contributed by atoms with Gasteiger partial charge >= 0.3 is 0 Å². The summed E-state index contributed by atoms with van der Waals surface area (Å²) < 4.78 is 28.6. The van der Waals surface area contributed by atoms with Crippen molar-refractivity contribution in [3.8, 4) is 22.5 Å². The van der Waals surface area contributed by atoms with E-state index in [1.165, 1.54) is 12.3 Å². The first-order chi connectivity index (χ1) is 12.1. The maximum absolute atomic E-state index is 14.3. The van der Waals surface area contributed by atoms with E-state index in [9.17, 15) is 13.6 Å². The summed E-state index contributed by atoms with van der Waals surface area (Å²) in [6, 6.07) is 10.1. The smallest absolute Gasteiger partial charge is 0.209 e. The number of hydrogen-bond donors (Lipinski definition) is 1. The monoisotopic (exact) mass is 336 g/mol. The van der Waals surface area contributed by atoms with E-state index in [1.807, 2.05) is 6.07 Å². The summed E-state index contributed by atoms with van der Waals surface area (Å²) in [7, 11) is 0. The van der Waals surface area contributed by atoms with Gasteiger partial charge in [0.15, 0.2) is 22.8 Å². The predicted octanol–water partition coefficient (Wildman–Crippen LogP) is 3.33. The van der Waals surface area contributed by atoms with E-state index in [2.05, 4.69) is 19.9 Å². The fraction of sp³-hybridized carbons (Fsp3) is 0. The van der Waals surface area contributed by atoms with Crippen LogP contribution >= 0.6 is 0 Å². The van der Waals surface area contributed by atoms with E-state index in [-0.39, 0.29) is 28.1 Å². The lowest BCUT2D eigenvalue weighted by atomic mass is 10.0. The van der Waals surface area contributed by atoms with Crippen molar-refractivity contribution in [3.05, 3.63) is 76.8 Å². The fourth-order valence-electron chi connectivity index (χ4n) is 2.59. The third-order valence-corrected chi connectivity index (χ3v) is 3.72. The van der Waals surface area contributed by atoms with E-state index >= 15 is 0 Å². The van der Waals surface area contributed by atoms with Crippen molar-refractivity contribution in [2.45, 2.75) is 0 Å². The van der Waals surface area contributed by atoms with Crippen LogP contribution in [0.1, 0.15) is 0 Å². The summed E-state index contributed by atoms with van der Waals surface area (Å²) in [6.45, 7) is 0. The van der Waals surface area contributed by atoms with Gasteiger partial charge in [-0.1, -0.05) is 30.3 Å². The van der Waals surface area contributed by atoms with Gasteiger partial charge in [0.05, 0.1) is 23.7 Å². The Morgan fingerprint density at radius 1 is 0.880 bits per heavy atom. The molecule has 1 N–H and O–H groups in total. The van der Waals surface area contributed by atoms with Crippen molar-refractivity contribution in [2.24, 2.45) is 0 Å². The maximum Gasteiger partial charge on any atom is 0.209 e. The molecule has 0 aliphatic heterocycles. The summed E-state index contributed by atoms with van der Waals surface area (Å²) in [6.07, 6.45) is 3.24. The minimum Gasteiger partial charge on any atom is -0.345 e. The highest BCUT2D eigenvalue weighted by Crippen LogP contribution is 2.32. The number of fused-ring (bicyclic) bond motifs is 1. The van der Waals surface area contributed by atoms with Gasteiger partial charge < -0.3 is 4.98 Å². The summed E-state index contributed by atoms with van der Waals surface area (Å²) >= 11 is 0. The number of benzene rings is 1. The van der Waals surface area contributed by atoms with E-state index in [0.717, 1.165) is 12.4 Å². The lowest BCUT2D eigenvalue weighted by molar-refractivity contribution is 0.578. The van der Waals surface area contributed by atoms with Crippen molar-refractivity contribution in [1.29, 1.82) is 0 Å². The molecule has 3 heterocycles. The first kappa shape index (κ1) is 15.1. The Hall–Kier alpha value is -3.48. The van der Waals surface area contributed by atoms with Crippen LogP contribution in [0.3, 0.4) is 0 Å². The predicted molar refractivity (Wildman–Crippen MR) is 88.7 cm³/mol. The molecule has 0 atom stereocenters. The largest absolute Gasteiger partial charge is 0.345 e. The average Bonchev–Trinajstić information content (AvgIpc) is 2.62. The lowest BCUT2D eigenvalue weighted by Crippen LogP contribution is -2.08. The van der Waals surface area contributed by atoms with Gasteiger partial charge in [0.2, 0.25) is 5.43 Å². The summed E-state index contributed by atoms with van der Waals surface area (Å²) in [5.41, 5.74) is 0.320. The molecule has 5 nitrogen and oxygen atoms in total. The van der Waals surface area contributed by atoms with Gasteiger partial charge in [-0.05, 0) is 0 Å². The van der Waals surface area contributed by atoms with Crippen LogP contribution < -0.4 is 5.43 Å². The molecule has 0 aliphatic rings. The van der Waals surface area contributed by atoms with Crippen LogP contribution in [-0.2, 0) is 0 Å². The van der Waals surface area contributed by atoms with Gasteiger partial charge in [-0.3, -0.25) is 9.78 Å². The molecule has 0 bridgehead atoms. The zero-order valence-corrected chi connectivity index (χ0v) is 12.7. The molecule has 3 aromatic heterocycles. The molecule has 0 unspecified atom stereocenters. The zero-order valence-electron chi connectivity index (χ0n) is 12.7. The molecule has 1 aromatic carbocycles. The molecule has 0 radical (unpaired) electrons. The van der Waals surface area contributed by atoms with Crippen LogP contribution in [-0.4, -0.2) is 19.9 Å². The highest BCUT2D eigenvalue weighted by atomic mass is 19.1. The number of H-pyrrole nitrogens is 1. The van der Waals surface area contributed by atoms with E-state index in [4.69, 9.17) is 0 Å². The van der Waals surface area contributed by atoms with Crippen molar-refractivity contribution in [1.82, 2.24) is 19.9 Å². The summed E-state index contributed by atoms with van der Waals surface area (Å²) in [5.74, 6) is -1.75. The Morgan fingerprint density at radius 2 is 1.60 bits per heavy atom. The highest BCUT2D eigenvalue weighted by Gasteiger charge is 2.21. The minimum atomic E-state index is -0.877. The van der Waals surface area contributed by atoms with E-state index < -0.39 is 17.1 Å². The molecule has 0 fully saturated rings. The van der Waals surface area contributed by atoms with Crippen molar-refractivity contribution in [3.63, 3.8) is 0 Å². The molecule has 0 amide bonds. The Labute approximate surface area is 140 Å². The fourth-order valence-corrected chi connectivity index (χ4v) is 2.59. The van der Waals surface area contributed by atoms with Gasteiger partial charge in [-0.15, -0.1) is 0 Å². The molecular formula is C18H10F2N4O. The van der Waals surface area contributed by atoms with Crippen LogP contribution in [0.5, 0.6) is 0 Å². The van der Waals surface area contributed by atoms with Gasteiger partial charge in [0.1, 0.15) is 5.69 Å².